The van der Waals surface area contributed by atoms with Gasteiger partial charge in [-0.2, -0.15) is 0 Å². The first-order valence-corrected chi connectivity index (χ1v) is 11.0. The van der Waals surface area contributed by atoms with Crippen LogP contribution in [0.4, 0.5) is 16.3 Å². The van der Waals surface area contributed by atoms with Gasteiger partial charge in [-0.25, -0.2) is 9.78 Å². The Morgan fingerprint density at radius 1 is 0.935 bits per heavy atom. The molecule has 0 bridgehead atoms. The van der Waals surface area contributed by atoms with Crippen LogP contribution >= 0.6 is 0 Å². The summed E-state index contributed by atoms with van der Waals surface area (Å²) in [7, 11) is 0. The number of piperazine rings is 1. The van der Waals surface area contributed by atoms with Crippen LogP contribution in [0, 0.1) is 20.8 Å². The average molecular weight is 425 g/mol. The van der Waals surface area contributed by atoms with Gasteiger partial charge in [-0.05, 0) is 56.2 Å². The number of hydrogen-bond acceptors (Lipinski definition) is 5. The molecule has 1 aromatic carbocycles. The molecule has 7 nitrogen and oxygen atoms in total. The number of carbonyl (C=O) groups excluding carboxylic acids is 2. The van der Waals surface area contributed by atoms with Crippen LogP contribution in [0.25, 0.3) is 0 Å². The number of benzene rings is 1. The minimum atomic E-state index is -0.338. The quantitative estimate of drug-likeness (QED) is 0.746. The molecule has 0 unspecified atom stereocenters. The van der Waals surface area contributed by atoms with Crippen molar-refractivity contribution in [3.63, 3.8) is 0 Å². The maximum atomic E-state index is 12.9. The summed E-state index contributed by atoms with van der Waals surface area (Å²) in [5, 5.41) is 0. The summed E-state index contributed by atoms with van der Waals surface area (Å²) in [5.41, 5.74) is 4.81. The molecular formula is C24H32N4O3. The van der Waals surface area contributed by atoms with Crippen LogP contribution in [0.2, 0.25) is 0 Å². The summed E-state index contributed by atoms with van der Waals surface area (Å²) in [6.45, 7) is 14.0. The molecule has 0 atom stereocenters. The number of hydrogen-bond donors (Lipinski definition) is 0. The van der Waals surface area contributed by atoms with Crippen molar-refractivity contribution in [2.75, 3.05) is 49.1 Å². The van der Waals surface area contributed by atoms with E-state index in [0.717, 1.165) is 30.3 Å². The second kappa shape index (κ2) is 9.81. The molecule has 0 N–H and O–H groups in total. The first kappa shape index (κ1) is 22.6. The predicted molar refractivity (Wildman–Crippen MR) is 123 cm³/mol. The lowest BCUT2D eigenvalue weighted by Gasteiger charge is -2.36. The standard InChI is InChI=1S/C22H26N4O3.C2H6/c1-15-14-16(2)20(23-17(15)3)24-8-10-25(11-9-24)21(27)18-4-6-19(7-5-18)26-12-13-29-22(26)28;1-2/h4-7,14H,8-13H2,1-3H3;1-2H3. The molecule has 0 spiro atoms. The highest BCUT2D eigenvalue weighted by atomic mass is 16.6. The number of aryl methyl sites for hydroxylation is 3. The molecule has 2 aromatic rings. The number of cyclic esters (lactones) is 1. The van der Waals surface area contributed by atoms with Gasteiger partial charge in [0.15, 0.2) is 0 Å². The smallest absolute Gasteiger partial charge is 0.414 e. The van der Waals surface area contributed by atoms with Crippen molar-refractivity contribution in [2.24, 2.45) is 0 Å². The Morgan fingerprint density at radius 2 is 1.58 bits per heavy atom. The zero-order valence-electron chi connectivity index (χ0n) is 19.1. The van der Waals surface area contributed by atoms with E-state index in [1.54, 1.807) is 29.2 Å². The molecule has 0 saturated carbocycles. The van der Waals surface area contributed by atoms with E-state index in [9.17, 15) is 9.59 Å². The highest BCUT2D eigenvalue weighted by molar-refractivity contribution is 5.96. The third-order valence-electron chi connectivity index (χ3n) is 5.68. The Bertz CT molecular complexity index is 935. The Labute approximate surface area is 184 Å². The number of pyridine rings is 1. The van der Waals surface area contributed by atoms with Gasteiger partial charge in [0.1, 0.15) is 12.4 Å². The predicted octanol–water partition coefficient (Wildman–Crippen LogP) is 3.95. The molecule has 2 fully saturated rings. The van der Waals surface area contributed by atoms with E-state index < -0.39 is 0 Å². The summed E-state index contributed by atoms with van der Waals surface area (Å²) >= 11 is 0. The summed E-state index contributed by atoms with van der Waals surface area (Å²) in [4.78, 5) is 35.0. The summed E-state index contributed by atoms with van der Waals surface area (Å²) in [5.74, 6) is 1.03. The topological polar surface area (TPSA) is 66.0 Å². The molecule has 0 aliphatic carbocycles. The fraction of sp³-hybridized carbons (Fsp3) is 0.458. The highest BCUT2D eigenvalue weighted by Crippen LogP contribution is 2.23. The number of ether oxygens (including phenoxy) is 1. The van der Waals surface area contributed by atoms with Crippen LogP contribution in [-0.2, 0) is 4.74 Å². The maximum absolute atomic E-state index is 12.9. The average Bonchev–Trinajstić information content (AvgIpc) is 3.23. The zero-order chi connectivity index (χ0) is 22.5. The minimum Gasteiger partial charge on any atom is -0.447 e. The van der Waals surface area contributed by atoms with Crippen molar-refractivity contribution in [3.8, 4) is 0 Å². The number of aromatic nitrogens is 1. The molecule has 2 saturated heterocycles. The van der Waals surface area contributed by atoms with E-state index in [-0.39, 0.29) is 12.0 Å². The first-order chi connectivity index (χ1) is 14.9. The molecular weight excluding hydrogens is 392 g/mol. The van der Waals surface area contributed by atoms with Crippen LogP contribution in [0.3, 0.4) is 0 Å². The largest absolute Gasteiger partial charge is 0.447 e. The van der Waals surface area contributed by atoms with Gasteiger partial charge in [0.05, 0.1) is 6.54 Å². The van der Waals surface area contributed by atoms with Crippen LogP contribution < -0.4 is 9.80 Å². The lowest BCUT2D eigenvalue weighted by Crippen LogP contribution is -2.49. The molecule has 3 heterocycles. The third-order valence-corrected chi connectivity index (χ3v) is 5.68. The number of amides is 2. The fourth-order valence-electron chi connectivity index (χ4n) is 3.86. The van der Waals surface area contributed by atoms with Gasteiger partial charge in [0.25, 0.3) is 5.91 Å². The van der Waals surface area contributed by atoms with Crippen molar-refractivity contribution in [2.45, 2.75) is 34.6 Å². The normalized spacial score (nSPS) is 16.0. The van der Waals surface area contributed by atoms with Crippen LogP contribution in [0.15, 0.2) is 30.3 Å². The maximum Gasteiger partial charge on any atom is 0.414 e. The van der Waals surface area contributed by atoms with Gasteiger partial charge in [0.2, 0.25) is 0 Å². The number of carbonyl (C=O) groups is 2. The van der Waals surface area contributed by atoms with Crippen LogP contribution in [-0.4, -0.2) is 61.2 Å². The molecule has 2 amide bonds. The van der Waals surface area contributed by atoms with Crippen molar-refractivity contribution in [1.29, 1.82) is 0 Å². The van der Waals surface area contributed by atoms with E-state index >= 15 is 0 Å². The van der Waals surface area contributed by atoms with E-state index in [0.29, 0.717) is 31.8 Å². The monoisotopic (exact) mass is 424 g/mol. The first-order valence-electron chi connectivity index (χ1n) is 11.0. The molecule has 166 valence electrons. The van der Waals surface area contributed by atoms with Crippen molar-refractivity contribution in [3.05, 3.63) is 52.7 Å². The van der Waals surface area contributed by atoms with Gasteiger partial charge in [-0.1, -0.05) is 19.9 Å². The van der Waals surface area contributed by atoms with Gasteiger partial charge >= 0.3 is 6.09 Å². The molecule has 1 aromatic heterocycles. The lowest BCUT2D eigenvalue weighted by molar-refractivity contribution is 0.0746. The fourth-order valence-corrected chi connectivity index (χ4v) is 3.86. The zero-order valence-corrected chi connectivity index (χ0v) is 19.1. The number of nitrogens with zero attached hydrogens (tertiary/aromatic N) is 4. The second-order valence-corrected chi connectivity index (χ2v) is 7.62. The van der Waals surface area contributed by atoms with Crippen molar-refractivity contribution >= 4 is 23.5 Å². The number of rotatable bonds is 3. The SMILES string of the molecule is CC.Cc1cc(C)c(N2CCN(C(=O)c3ccc(N4CCOC4=O)cc3)CC2)nc1C. The van der Waals surface area contributed by atoms with Crippen LogP contribution in [0.1, 0.15) is 41.0 Å². The summed E-state index contributed by atoms with van der Waals surface area (Å²) in [6.07, 6.45) is -0.338. The van der Waals surface area contributed by atoms with Gasteiger partial charge in [-0.3, -0.25) is 9.69 Å². The minimum absolute atomic E-state index is 0.0185. The Hall–Kier alpha value is -3.09. The summed E-state index contributed by atoms with van der Waals surface area (Å²) < 4.78 is 4.96. The lowest BCUT2D eigenvalue weighted by atomic mass is 10.1. The highest BCUT2D eigenvalue weighted by Gasteiger charge is 2.26. The third kappa shape index (κ3) is 4.81. The molecule has 2 aliphatic heterocycles. The van der Waals surface area contributed by atoms with Crippen molar-refractivity contribution in [1.82, 2.24) is 9.88 Å². The van der Waals surface area contributed by atoms with Crippen LogP contribution in [0.5, 0.6) is 0 Å². The second-order valence-electron chi connectivity index (χ2n) is 7.62. The van der Waals surface area contributed by atoms with E-state index in [2.05, 4.69) is 24.8 Å². The molecule has 2 aliphatic rings. The molecule has 31 heavy (non-hydrogen) atoms. The van der Waals surface area contributed by atoms with Crippen molar-refractivity contribution < 1.29 is 14.3 Å². The van der Waals surface area contributed by atoms with Gasteiger partial charge in [0, 0.05) is 43.1 Å². The Morgan fingerprint density at radius 3 is 2.16 bits per heavy atom. The van der Waals surface area contributed by atoms with Gasteiger partial charge < -0.3 is 14.5 Å². The Kier molecular flexibility index (Phi) is 7.15. The number of anilines is 2. The van der Waals surface area contributed by atoms with Gasteiger partial charge in [-0.15, -0.1) is 0 Å². The molecule has 4 rings (SSSR count). The Balaban J connectivity index is 0.00000132. The molecule has 0 radical (unpaired) electrons. The van der Waals surface area contributed by atoms with E-state index in [1.165, 1.54) is 11.1 Å². The summed E-state index contributed by atoms with van der Waals surface area (Å²) in [6, 6.07) is 9.35. The van der Waals surface area contributed by atoms with E-state index in [1.807, 2.05) is 25.7 Å². The molecule has 7 heteroatoms. The van der Waals surface area contributed by atoms with E-state index in [4.69, 9.17) is 9.72 Å².